The third kappa shape index (κ3) is 4.61. The largest absolute Gasteiger partial charge is 0.352 e. The first-order valence-electron chi connectivity index (χ1n) is 8.04. The first kappa shape index (κ1) is 17.1. The maximum Gasteiger partial charge on any atom is 0.243 e. The molecule has 23 heavy (non-hydrogen) atoms. The number of nitrogens with zero attached hydrogens (tertiary/aromatic N) is 4. The topological polar surface area (TPSA) is 72.7 Å². The van der Waals surface area contributed by atoms with Gasteiger partial charge in [-0.3, -0.25) is 4.79 Å². The average Bonchev–Trinajstić information content (AvgIpc) is 2.95. The van der Waals surface area contributed by atoms with Crippen LogP contribution in [0.2, 0.25) is 0 Å². The Kier molecular flexibility index (Phi) is 5.47. The fourth-order valence-electron chi connectivity index (χ4n) is 2.04. The number of carbonyl (C=O) groups is 1. The predicted octanol–water partition coefficient (Wildman–Crippen LogP) is 2.62. The first-order chi connectivity index (χ1) is 10.9. The van der Waals surface area contributed by atoms with Gasteiger partial charge >= 0.3 is 0 Å². The molecule has 1 aromatic carbocycles. The van der Waals surface area contributed by atoms with Crippen molar-refractivity contribution < 1.29 is 4.79 Å². The van der Waals surface area contributed by atoms with E-state index in [1.165, 1.54) is 10.4 Å². The smallest absolute Gasteiger partial charge is 0.243 e. The van der Waals surface area contributed by atoms with E-state index in [2.05, 4.69) is 60.6 Å². The molecule has 0 aliphatic heterocycles. The number of amides is 1. The molecule has 1 heterocycles. The highest BCUT2D eigenvalue weighted by atomic mass is 16.2. The van der Waals surface area contributed by atoms with Crippen molar-refractivity contribution in [3.63, 3.8) is 0 Å². The van der Waals surface area contributed by atoms with Gasteiger partial charge in [0.25, 0.3) is 0 Å². The minimum absolute atomic E-state index is 0.0775. The van der Waals surface area contributed by atoms with E-state index in [4.69, 9.17) is 0 Å². The van der Waals surface area contributed by atoms with Crippen LogP contribution in [-0.4, -0.2) is 32.2 Å². The zero-order valence-electron chi connectivity index (χ0n) is 14.4. The molecule has 1 atom stereocenters. The van der Waals surface area contributed by atoms with Crippen molar-refractivity contribution >= 4 is 5.91 Å². The molecule has 0 spiro atoms. The summed E-state index contributed by atoms with van der Waals surface area (Å²) in [7, 11) is 0. The van der Waals surface area contributed by atoms with Crippen molar-refractivity contribution in [2.24, 2.45) is 5.92 Å². The van der Waals surface area contributed by atoms with Gasteiger partial charge in [0.05, 0.1) is 0 Å². The van der Waals surface area contributed by atoms with Gasteiger partial charge in [-0.2, -0.15) is 4.80 Å². The van der Waals surface area contributed by atoms with Crippen LogP contribution in [-0.2, 0) is 11.3 Å². The summed E-state index contributed by atoms with van der Waals surface area (Å²) in [6.45, 7) is 10.5. The molecule has 0 unspecified atom stereocenters. The number of aromatic nitrogens is 4. The molecular formula is C17H25N5O. The van der Waals surface area contributed by atoms with E-state index < -0.39 is 0 Å². The van der Waals surface area contributed by atoms with Crippen molar-refractivity contribution in [3.05, 3.63) is 29.8 Å². The zero-order valence-corrected chi connectivity index (χ0v) is 14.4. The molecule has 0 saturated carbocycles. The fourth-order valence-corrected chi connectivity index (χ4v) is 2.04. The van der Waals surface area contributed by atoms with E-state index >= 15 is 0 Å². The van der Waals surface area contributed by atoms with Crippen molar-refractivity contribution in [3.8, 4) is 11.4 Å². The number of hydrogen-bond acceptors (Lipinski definition) is 4. The summed E-state index contributed by atoms with van der Waals surface area (Å²) in [4.78, 5) is 13.3. The molecule has 1 amide bonds. The van der Waals surface area contributed by atoms with Crippen molar-refractivity contribution in [1.29, 1.82) is 0 Å². The highest BCUT2D eigenvalue weighted by Crippen LogP contribution is 2.19. The highest BCUT2D eigenvalue weighted by Gasteiger charge is 2.13. The van der Waals surface area contributed by atoms with Crippen molar-refractivity contribution in [2.75, 3.05) is 0 Å². The second kappa shape index (κ2) is 7.35. The van der Waals surface area contributed by atoms with Gasteiger partial charge in [0.1, 0.15) is 6.54 Å². The molecule has 6 nitrogen and oxygen atoms in total. The average molecular weight is 315 g/mol. The lowest BCUT2D eigenvalue weighted by Gasteiger charge is -2.16. The number of nitrogens with one attached hydrogen (secondary N) is 1. The predicted molar refractivity (Wildman–Crippen MR) is 89.8 cm³/mol. The Balaban J connectivity index is 2.01. The third-order valence-electron chi connectivity index (χ3n) is 3.96. The Bertz CT molecular complexity index is 645. The van der Waals surface area contributed by atoms with Gasteiger partial charge in [-0.05, 0) is 29.5 Å². The van der Waals surface area contributed by atoms with Crippen LogP contribution in [0.4, 0.5) is 0 Å². The Morgan fingerprint density at radius 1 is 1.13 bits per heavy atom. The quantitative estimate of drug-likeness (QED) is 0.889. The molecule has 2 rings (SSSR count). The minimum atomic E-state index is -0.106. The molecule has 0 bridgehead atoms. The standard InChI is InChI=1S/C17H25N5O/c1-11(2)13(5)18-16(23)10-22-20-17(19-21-22)15-8-6-14(7-9-15)12(3)4/h6-9,11-13H,10H2,1-5H3,(H,18,23)/t13-/m1/s1. The van der Waals surface area contributed by atoms with E-state index in [0.717, 1.165) is 5.56 Å². The third-order valence-corrected chi connectivity index (χ3v) is 3.96. The van der Waals surface area contributed by atoms with Crippen LogP contribution in [0.3, 0.4) is 0 Å². The molecule has 6 heteroatoms. The van der Waals surface area contributed by atoms with E-state index in [-0.39, 0.29) is 18.5 Å². The highest BCUT2D eigenvalue weighted by molar-refractivity contribution is 5.75. The number of hydrogen-bond donors (Lipinski definition) is 1. The molecule has 1 aromatic heterocycles. The number of rotatable bonds is 6. The monoisotopic (exact) mass is 315 g/mol. The Labute approximate surface area is 137 Å². The van der Waals surface area contributed by atoms with E-state index in [0.29, 0.717) is 17.7 Å². The van der Waals surface area contributed by atoms with Crippen LogP contribution in [0.15, 0.2) is 24.3 Å². The van der Waals surface area contributed by atoms with Crippen LogP contribution < -0.4 is 5.32 Å². The SMILES string of the molecule is CC(C)c1ccc(-c2nnn(CC(=O)N[C@H](C)C(C)C)n2)cc1. The van der Waals surface area contributed by atoms with Gasteiger partial charge in [-0.1, -0.05) is 52.0 Å². The molecule has 1 N–H and O–H groups in total. The van der Waals surface area contributed by atoms with Gasteiger partial charge in [0, 0.05) is 11.6 Å². The van der Waals surface area contributed by atoms with Gasteiger partial charge in [-0.25, -0.2) is 0 Å². The summed E-state index contributed by atoms with van der Waals surface area (Å²) >= 11 is 0. The van der Waals surface area contributed by atoms with Gasteiger partial charge < -0.3 is 5.32 Å². The zero-order chi connectivity index (χ0) is 17.0. The molecule has 0 saturated heterocycles. The van der Waals surface area contributed by atoms with E-state index in [1.54, 1.807) is 0 Å². The van der Waals surface area contributed by atoms with Gasteiger partial charge in [0.2, 0.25) is 11.7 Å². The fraction of sp³-hybridized carbons (Fsp3) is 0.529. The van der Waals surface area contributed by atoms with Gasteiger partial charge in [-0.15, -0.1) is 10.2 Å². The molecular weight excluding hydrogens is 290 g/mol. The summed E-state index contributed by atoms with van der Waals surface area (Å²) in [5.74, 6) is 1.30. The van der Waals surface area contributed by atoms with Crippen LogP contribution in [0.1, 0.15) is 46.1 Å². The van der Waals surface area contributed by atoms with Crippen molar-refractivity contribution in [1.82, 2.24) is 25.5 Å². The second-order valence-electron chi connectivity index (χ2n) is 6.52. The van der Waals surface area contributed by atoms with Crippen molar-refractivity contribution in [2.45, 2.75) is 53.1 Å². The molecule has 0 fully saturated rings. The lowest BCUT2D eigenvalue weighted by atomic mass is 10.0. The second-order valence-corrected chi connectivity index (χ2v) is 6.52. The number of tetrazole rings is 1. The minimum Gasteiger partial charge on any atom is -0.352 e. The van der Waals surface area contributed by atoms with Crippen LogP contribution in [0.25, 0.3) is 11.4 Å². The Hall–Kier alpha value is -2.24. The Morgan fingerprint density at radius 3 is 2.35 bits per heavy atom. The molecule has 2 aromatic rings. The van der Waals surface area contributed by atoms with Crippen LogP contribution >= 0.6 is 0 Å². The summed E-state index contributed by atoms with van der Waals surface area (Å²) in [5, 5.41) is 15.2. The molecule has 0 aliphatic rings. The van der Waals surface area contributed by atoms with E-state index in [1.807, 2.05) is 19.1 Å². The van der Waals surface area contributed by atoms with E-state index in [9.17, 15) is 4.79 Å². The lowest BCUT2D eigenvalue weighted by molar-refractivity contribution is -0.123. The summed E-state index contributed by atoms with van der Waals surface area (Å²) < 4.78 is 0. The number of benzene rings is 1. The lowest BCUT2D eigenvalue weighted by Crippen LogP contribution is -2.38. The summed E-state index contributed by atoms with van der Waals surface area (Å²) in [6, 6.07) is 8.22. The maximum absolute atomic E-state index is 12.0. The maximum atomic E-state index is 12.0. The summed E-state index contributed by atoms with van der Waals surface area (Å²) in [5.41, 5.74) is 2.17. The number of carbonyl (C=O) groups excluding carboxylic acids is 1. The molecule has 124 valence electrons. The van der Waals surface area contributed by atoms with Gasteiger partial charge in [0.15, 0.2) is 0 Å². The normalized spacial score (nSPS) is 12.7. The summed E-state index contributed by atoms with van der Waals surface area (Å²) in [6.07, 6.45) is 0. The molecule has 0 radical (unpaired) electrons. The first-order valence-corrected chi connectivity index (χ1v) is 8.04. The van der Waals surface area contributed by atoms with Crippen LogP contribution in [0, 0.1) is 5.92 Å². The molecule has 0 aliphatic carbocycles. The van der Waals surface area contributed by atoms with Crippen LogP contribution in [0.5, 0.6) is 0 Å². The Morgan fingerprint density at radius 2 is 1.78 bits per heavy atom.